The summed E-state index contributed by atoms with van der Waals surface area (Å²) in [5, 5.41) is 12.6. The van der Waals surface area contributed by atoms with E-state index in [4.69, 9.17) is 20.9 Å². The Morgan fingerprint density at radius 2 is 1.83 bits per heavy atom. The average molecular weight is 328 g/mol. The summed E-state index contributed by atoms with van der Waals surface area (Å²) >= 11 is 5.85. The highest BCUT2D eigenvalue weighted by Gasteiger charge is 2.09. The molecule has 0 saturated heterocycles. The van der Waals surface area contributed by atoms with Crippen LogP contribution in [0.3, 0.4) is 0 Å². The summed E-state index contributed by atoms with van der Waals surface area (Å²) in [6.07, 6.45) is 0. The van der Waals surface area contributed by atoms with Gasteiger partial charge in [-0.3, -0.25) is 0 Å². The Kier molecular flexibility index (Phi) is 4.68. The van der Waals surface area contributed by atoms with E-state index in [-0.39, 0.29) is 6.61 Å². The Hall–Kier alpha value is -2.66. The standard InChI is InChI=1S/C17H14ClN3O2/c1-12(13-5-3-2-4-6-13)21-22-11-16-19-20-17(23-16)14-7-9-15(18)10-8-14/h2-10H,11H2,1H3/b21-12+. The lowest BCUT2D eigenvalue weighted by Crippen LogP contribution is -1.96. The van der Waals surface area contributed by atoms with Gasteiger partial charge in [0, 0.05) is 10.6 Å². The molecule has 0 aliphatic carbocycles. The average Bonchev–Trinajstić information content (AvgIpc) is 3.05. The zero-order chi connectivity index (χ0) is 16.1. The molecule has 3 aromatic rings. The lowest BCUT2D eigenvalue weighted by atomic mass is 10.1. The van der Waals surface area contributed by atoms with Gasteiger partial charge < -0.3 is 9.25 Å². The summed E-state index contributed by atoms with van der Waals surface area (Å²) < 4.78 is 5.54. The first kappa shape index (κ1) is 15.2. The summed E-state index contributed by atoms with van der Waals surface area (Å²) in [4.78, 5) is 5.27. The molecule has 0 fully saturated rings. The van der Waals surface area contributed by atoms with Crippen molar-refractivity contribution in [2.75, 3.05) is 0 Å². The number of hydrogen-bond donors (Lipinski definition) is 0. The zero-order valence-corrected chi connectivity index (χ0v) is 13.2. The van der Waals surface area contributed by atoms with Crippen molar-refractivity contribution < 1.29 is 9.25 Å². The second-order valence-corrected chi connectivity index (χ2v) is 5.26. The highest BCUT2D eigenvalue weighted by Crippen LogP contribution is 2.20. The number of aromatic nitrogens is 2. The molecule has 0 radical (unpaired) electrons. The summed E-state index contributed by atoms with van der Waals surface area (Å²) in [5.74, 6) is 0.781. The van der Waals surface area contributed by atoms with E-state index in [1.54, 1.807) is 12.1 Å². The van der Waals surface area contributed by atoms with Crippen LogP contribution in [-0.2, 0) is 11.4 Å². The van der Waals surface area contributed by atoms with Crippen LogP contribution < -0.4 is 0 Å². The third-order valence-corrected chi connectivity index (χ3v) is 3.39. The van der Waals surface area contributed by atoms with Gasteiger partial charge in [0.2, 0.25) is 5.89 Å². The maximum Gasteiger partial charge on any atom is 0.257 e. The molecular formula is C17H14ClN3O2. The van der Waals surface area contributed by atoms with Crippen molar-refractivity contribution in [3.63, 3.8) is 0 Å². The van der Waals surface area contributed by atoms with Gasteiger partial charge in [0.1, 0.15) is 0 Å². The van der Waals surface area contributed by atoms with Crippen LogP contribution in [0.15, 0.2) is 64.2 Å². The fourth-order valence-corrected chi connectivity index (χ4v) is 2.06. The minimum atomic E-state index is 0.116. The fourth-order valence-electron chi connectivity index (χ4n) is 1.94. The van der Waals surface area contributed by atoms with E-state index in [1.807, 2.05) is 49.4 Å². The first-order valence-corrected chi connectivity index (χ1v) is 7.40. The van der Waals surface area contributed by atoms with E-state index >= 15 is 0 Å². The maximum atomic E-state index is 5.85. The van der Waals surface area contributed by atoms with E-state index in [2.05, 4.69) is 15.4 Å². The van der Waals surface area contributed by atoms with Gasteiger partial charge in [0.05, 0.1) is 5.71 Å². The van der Waals surface area contributed by atoms with Crippen LogP contribution in [0.5, 0.6) is 0 Å². The highest BCUT2D eigenvalue weighted by atomic mass is 35.5. The fraction of sp³-hybridized carbons (Fsp3) is 0.118. The monoisotopic (exact) mass is 327 g/mol. The van der Waals surface area contributed by atoms with Crippen LogP contribution in [0.4, 0.5) is 0 Å². The molecule has 0 saturated carbocycles. The second-order valence-electron chi connectivity index (χ2n) is 4.82. The van der Waals surface area contributed by atoms with Crippen molar-refractivity contribution in [1.82, 2.24) is 10.2 Å². The quantitative estimate of drug-likeness (QED) is 0.517. The number of benzene rings is 2. The number of rotatable bonds is 5. The molecule has 23 heavy (non-hydrogen) atoms. The number of hydrogen-bond acceptors (Lipinski definition) is 5. The third kappa shape index (κ3) is 3.96. The molecule has 0 spiro atoms. The Balaban J connectivity index is 1.62. The van der Waals surface area contributed by atoms with Crippen molar-refractivity contribution in [3.05, 3.63) is 71.1 Å². The van der Waals surface area contributed by atoms with Crippen LogP contribution in [0.2, 0.25) is 5.02 Å². The van der Waals surface area contributed by atoms with Gasteiger partial charge in [-0.15, -0.1) is 10.2 Å². The van der Waals surface area contributed by atoms with Crippen LogP contribution >= 0.6 is 11.6 Å². The number of oxime groups is 1. The Bertz CT molecular complexity index is 798. The van der Waals surface area contributed by atoms with Crippen LogP contribution in [0.1, 0.15) is 18.4 Å². The molecule has 0 aliphatic heterocycles. The van der Waals surface area contributed by atoms with Crippen LogP contribution in [-0.4, -0.2) is 15.9 Å². The number of nitrogens with zero attached hydrogens (tertiary/aromatic N) is 3. The lowest BCUT2D eigenvalue weighted by molar-refractivity contribution is 0.111. The lowest BCUT2D eigenvalue weighted by Gasteiger charge is -2.00. The van der Waals surface area contributed by atoms with Crippen molar-refractivity contribution in [2.24, 2.45) is 5.16 Å². The van der Waals surface area contributed by atoms with Crippen LogP contribution in [0, 0.1) is 0 Å². The van der Waals surface area contributed by atoms with E-state index < -0.39 is 0 Å². The molecule has 2 aromatic carbocycles. The van der Waals surface area contributed by atoms with Crippen molar-refractivity contribution in [2.45, 2.75) is 13.5 Å². The molecule has 0 aliphatic rings. The molecule has 0 N–H and O–H groups in total. The third-order valence-electron chi connectivity index (χ3n) is 3.14. The van der Waals surface area contributed by atoms with Gasteiger partial charge in [-0.1, -0.05) is 47.1 Å². The molecule has 3 rings (SSSR count). The summed E-state index contributed by atoms with van der Waals surface area (Å²) in [7, 11) is 0. The van der Waals surface area contributed by atoms with Gasteiger partial charge in [-0.2, -0.15) is 0 Å². The number of halogens is 1. The molecule has 1 heterocycles. The Labute approximate surface area is 138 Å². The van der Waals surface area contributed by atoms with Crippen LogP contribution in [0.25, 0.3) is 11.5 Å². The predicted molar refractivity (Wildman–Crippen MR) is 88.2 cm³/mol. The van der Waals surface area contributed by atoms with Gasteiger partial charge >= 0.3 is 0 Å². The minimum absolute atomic E-state index is 0.116. The van der Waals surface area contributed by atoms with E-state index in [0.717, 1.165) is 16.8 Å². The first-order chi connectivity index (χ1) is 11.2. The molecule has 5 nitrogen and oxygen atoms in total. The largest absolute Gasteiger partial charge is 0.417 e. The first-order valence-electron chi connectivity index (χ1n) is 7.02. The molecule has 0 unspecified atom stereocenters. The SMILES string of the molecule is C/C(=N\OCc1nnc(-c2ccc(Cl)cc2)o1)c1ccccc1. The second kappa shape index (κ2) is 7.07. The topological polar surface area (TPSA) is 60.5 Å². The van der Waals surface area contributed by atoms with E-state index in [0.29, 0.717) is 16.8 Å². The molecular weight excluding hydrogens is 314 g/mol. The molecule has 1 aromatic heterocycles. The van der Waals surface area contributed by atoms with Gasteiger partial charge in [0.15, 0.2) is 6.61 Å². The highest BCUT2D eigenvalue weighted by molar-refractivity contribution is 6.30. The zero-order valence-electron chi connectivity index (χ0n) is 12.4. The van der Waals surface area contributed by atoms with Gasteiger partial charge in [0.25, 0.3) is 5.89 Å². The Morgan fingerprint density at radius 3 is 2.57 bits per heavy atom. The van der Waals surface area contributed by atoms with Crippen molar-refractivity contribution >= 4 is 17.3 Å². The molecule has 6 heteroatoms. The minimum Gasteiger partial charge on any atom is -0.417 e. The Morgan fingerprint density at radius 1 is 1.09 bits per heavy atom. The van der Waals surface area contributed by atoms with E-state index in [9.17, 15) is 0 Å². The van der Waals surface area contributed by atoms with Crippen molar-refractivity contribution in [1.29, 1.82) is 0 Å². The molecule has 0 atom stereocenters. The normalized spacial score (nSPS) is 11.5. The molecule has 116 valence electrons. The molecule has 0 amide bonds. The predicted octanol–water partition coefficient (Wildman–Crippen LogP) is 4.33. The maximum absolute atomic E-state index is 5.85. The van der Waals surface area contributed by atoms with Crippen molar-refractivity contribution in [3.8, 4) is 11.5 Å². The summed E-state index contributed by atoms with van der Waals surface area (Å²) in [6, 6.07) is 17.0. The van der Waals surface area contributed by atoms with E-state index in [1.165, 1.54) is 0 Å². The van der Waals surface area contributed by atoms with Gasteiger partial charge in [-0.25, -0.2) is 0 Å². The smallest absolute Gasteiger partial charge is 0.257 e. The summed E-state index contributed by atoms with van der Waals surface area (Å²) in [5.41, 5.74) is 2.58. The summed E-state index contributed by atoms with van der Waals surface area (Å²) in [6.45, 7) is 1.99. The molecule has 0 bridgehead atoms. The van der Waals surface area contributed by atoms with Gasteiger partial charge in [-0.05, 0) is 36.8 Å².